The van der Waals surface area contributed by atoms with Gasteiger partial charge in [-0.2, -0.15) is 0 Å². The Morgan fingerprint density at radius 3 is 2.24 bits per heavy atom. The zero-order valence-electron chi connectivity index (χ0n) is 21.8. The maximum atomic E-state index is 13.3. The van der Waals surface area contributed by atoms with Crippen LogP contribution in [0.5, 0.6) is 11.5 Å². The molecule has 4 amide bonds. The fraction of sp³-hybridized carbons (Fsp3) is 0.138. The van der Waals surface area contributed by atoms with Crippen molar-refractivity contribution >= 4 is 64.1 Å². The first-order valence-electron chi connectivity index (χ1n) is 12.1. The highest BCUT2D eigenvalue weighted by Gasteiger charge is 2.37. The van der Waals surface area contributed by atoms with E-state index in [0.29, 0.717) is 27.2 Å². The minimum Gasteiger partial charge on any atom is -0.490 e. The molecule has 0 bridgehead atoms. The highest BCUT2D eigenvalue weighted by molar-refractivity contribution is 14.1. The van der Waals surface area contributed by atoms with Gasteiger partial charge in [0.25, 0.3) is 11.8 Å². The number of rotatable bonds is 9. The van der Waals surface area contributed by atoms with Crippen LogP contribution in [0.3, 0.4) is 0 Å². The van der Waals surface area contributed by atoms with Gasteiger partial charge in [-0.25, -0.2) is 19.3 Å². The van der Waals surface area contributed by atoms with E-state index in [4.69, 9.17) is 14.6 Å². The van der Waals surface area contributed by atoms with E-state index in [0.717, 1.165) is 10.5 Å². The fourth-order valence-corrected chi connectivity index (χ4v) is 4.68. The first kappa shape index (κ1) is 29.3. The van der Waals surface area contributed by atoms with Crippen LogP contribution in [-0.4, -0.2) is 48.6 Å². The third kappa shape index (κ3) is 6.54. The summed E-state index contributed by atoms with van der Waals surface area (Å²) in [7, 11) is 1.24. The number of carbonyl (C=O) groups excluding carboxylic acids is 4. The summed E-state index contributed by atoms with van der Waals surface area (Å²) in [4.78, 5) is 62.1. The lowest BCUT2D eigenvalue weighted by Gasteiger charge is -2.26. The molecule has 1 saturated heterocycles. The number of esters is 1. The summed E-state index contributed by atoms with van der Waals surface area (Å²) >= 11 is 2.04. The predicted molar refractivity (Wildman–Crippen MR) is 155 cm³/mol. The van der Waals surface area contributed by atoms with Gasteiger partial charge >= 0.3 is 18.0 Å². The van der Waals surface area contributed by atoms with Crippen LogP contribution in [0.2, 0.25) is 0 Å². The van der Waals surface area contributed by atoms with Gasteiger partial charge in [0.15, 0.2) is 11.5 Å². The summed E-state index contributed by atoms with van der Waals surface area (Å²) in [5, 5.41) is 11.2. The molecule has 0 radical (unpaired) electrons. The van der Waals surface area contributed by atoms with Gasteiger partial charge in [0, 0.05) is 0 Å². The number of methoxy groups -OCH3 is 1. The lowest BCUT2D eigenvalue weighted by Crippen LogP contribution is -2.54. The van der Waals surface area contributed by atoms with Gasteiger partial charge in [-0.05, 0) is 95.2 Å². The van der Waals surface area contributed by atoms with Crippen molar-refractivity contribution in [3.05, 3.63) is 92.1 Å². The number of amides is 4. The number of carboxylic acid groups (broad SMARTS) is 1. The van der Waals surface area contributed by atoms with Crippen LogP contribution in [0, 0.1) is 3.57 Å². The molecule has 0 aromatic heterocycles. The Balaban J connectivity index is 1.61. The topological polar surface area (TPSA) is 149 Å². The molecular formula is C29H23IN2O9. The van der Waals surface area contributed by atoms with Crippen molar-refractivity contribution in [2.45, 2.75) is 13.5 Å². The standard InChI is InChI=1S/C29H23IN2O9/c1-3-40-23-14-17(13-22(30)24(23)41-15-16-4-6-18(7-5-16)27(35)36)12-21-25(33)31-29(38)32(26(21)34)20-10-8-19(9-11-20)28(37)39-2/h4-14H,3,15H2,1-2H3,(H,35,36)(H,31,33,38)/b21-12+. The van der Waals surface area contributed by atoms with Crippen LogP contribution in [0.25, 0.3) is 6.08 Å². The molecule has 0 unspecified atom stereocenters. The number of anilines is 1. The summed E-state index contributed by atoms with van der Waals surface area (Å²) in [5.74, 6) is -2.51. The predicted octanol–water partition coefficient (Wildman–Crippen LogP) is 4.42. The van der Waals surface area contributed by atoms with E-state index in [-0.39, 0.29) is 29.0 Å². The quantitative estimate of drug-likeness (QED) is 0.146. The van der Waals surface area contributed by atoms with E-state index in [2.05, 4.69) is 10.1 Å². The molecule has 2 N–H and O–H groups in total. The first-order chi connectivity index (χ1) is 19.6. The van der Waals surface area contributed by atoms with Crippen molar-refractivity contribution < 1.29 is 43.3 Å². The number of aromatic carboxylic acids is 1. The second-order valence-corrected chi connectivity index (χ2v) is 9.71. The number of ether oxygens (including phenoxy) is 3. The minimum absolute atomic E-state index is 0.142. The van der Waals surface area contributed by atoms with Crippen molar-refractivity contribution in [3.63, 3.8) is 0 Å². The molecule has 1 heterocycles. The fourth-order valence-electron chi connectivity index (χ4n) is 3.90. The third-order valence-electron chi connectivity index (χ3n) is 5.88. The molecule has 1 aliphatic rings. The molecule has 210 valence electrons. The number of halogens is 1. The molecule has 12 heteroatoms. The maximum absolute atomic E-state index is 13.3. The number of nitrogens with zero attached hydrogens (tertiary/aromatic N) is 1. The van der Waals surface area contributed by atoms with Gasteiger partial charge in [-0.3, -0.25) is 14.9 Å². The molecule has 0 saturated carbocycles. The van der Waals surface area contributed by atoms with E-state index in [1.807, 2.05) is 22.6 Å². The van der Waals surface area contributed by atoms with E-state index in [1.165, 1.54) is 49.6 Å². The van der Waals surface area contributed by atoms with Gasteiger partial charge in [-0.1, -0.05) is 12.1 Å². The highest BCUT2D eigenvalue weighted by atomic mass is 127. The lowest BCUT2D eigenvalue weighted by atomic mass is 10.1. The third-order valence-corrected chi connectivity index (χ3v) is 6.68. The number of imide groups is 2. The van der Waals surface area contributed by atoms with Crippen molar-refractivity contribution in [3.8, 4) is 11.5 Å². The summed E-state index contributed by atoms with van der Waals surface area (Å²) < 4.78 is 17.0. The molecule has 0 atom stereocenters. The number of nitrogens with one attached hydrogen (secondary N) is 1. The Morgan fingerprint density at radius 2 is 1.63 bits per heavy atom. The zero-order valence-corrected chi connectivity index (χ0v) is 24.0. The second kappa shape index (κ2) is 12.6. The molecular weight excluding hydrogens is 647 g/mol. The average molecular weight is 670 g/mol. The van der Waals surface area contributed by atoms with Crippen molar-refractivity contribution in [2.75, 3.05) is 18.6 Å². The van der Waals surface area contributed by atoms with Crippen LogP contribution in [0.15, 0.2) is 66.2 Å². The molecule has 11 nitrogen and oxygen atoms in total. The molecule has 0 aliphatic carbocycles. The Bertz CT molecular complexity index is 1560. The largest absolute Gasteiger partial charge is 0.490 e. The molecule has 4 rings (SSSR count). The second-order valence-electron chi connectivity index (χ2n) is 8.55. The van der Waals surface area contributed by atoms with Gasteiger partial charge in [0.1, 0.15) is 12.2 Å². The molecule has 1 fully saturated rings. The monoisotopic (exact) mass is 670 g/mol. The highest BCUT2D eigenvalue weighted by Crippen LogP contribution is 2.36. The number of carboxylic acids is 1. The number of urea groups is 1. The van der Waals surface area contributed by atoms with E-state index < -0.39 is 29.8 Å². The Morgan fingerprint density at radius 1 is 0.976 bits per heavy atom. The van der Waals surface area contributed by atoms with Gasteiger partial charge < -0.3 is 19.3 Å². The number of hydrogen-bond acceptors (Lipinski definition) is 8. The van der Waals surface area contributed by atoms with Crippen molar-refractivity contribution in [2.24, 2.45) is 0 Å². The van der Waals surface area contributed by atoms with Crippen LogP contribution in [0.1, 0.15) is 38.8 Å². The van der Waals surface area contributed by atoms with Crippen LogP contribution in [0.4, 0.5) is 10.5 Å². The van der Waals surface area contributed by atoms with Crippen molar-refractivity contribution in [1.82, 2.24) is 5.32 Å². The number of hydrogen-bond donors (Lipinski definition) is 2. The van der Waals surface area contributed by atoms with Crippen LogP contribution >= 0.6 is 22.6 Å². The lowest BCUT2D eigenvalue weighted by molar-refractivity contribution is -0.122. The summed E-state index contributed by atoms with van der Waals surface area (Å²) in [6.07, 6.45) is 1.35. The minimum atomic E-state index is -1.02. The maximum Gasteiger partial charge on any atom is 0.337 e. The van der Waals surface area contributed by atoms with E-state index >= 15 is 0 Å². The number of barbiturate groups is 1. The zero-order chi connectivity index (χ0) is 29.7. The van der Waals surface area contributed by atoms with Gasteiger partial charge in [0.05, 0.1) is 34.1 Å². The van der Waals surface area contributed by atoms with E-state index in [1.54, 1.807) is 31.2 Å². The molecule has 0 spiro atoms. The Labute approximate surface area is 247 Å². The van der Waals surface area contributed by atoms with Crippen molar-refractivity contribution in [1.29, 1.82) is 0 Å². The van der Waals surface area contributed by atoms with E-state index in [9.17, 15) is 24.0 Å². The first-order valence-corrected chi connectivity index (χ1v) is 13.2. The smallest absolute Gasteiger partial charge is 0.337 e. The summed E-state index contributed by atoms with van der Waals surface area (Å²) in [6, 6.07) is 14.2. The SMILES string of the molecule is CCOc1cc(/C=C2\C(=O)NC(=O)N(c3ccc(C(=O)OC)cc3)C2=O)cc(I)c1OCc1ccc(C(=O)O)cc1. The Kier molecular flexibility index (Phi) is 9.02. The molecule has 41 heavy (non-hydrogen) atoms. The van der Waals surface area contributed by atoms with Crippen LogP contribution in [-0.2, 0) is 20.9 Å². The van der Waals surface area contributed by atoms with Gasteiger partial charge in [0.2, 0.25) is 0 Å². The Hall–Kier alpha value is -4.72. The summed E-state index contributed by atoms with van der Waals surface area (Å²) in [5.41, 5.74) is 1.45. The van der Waals surface area contributed by atoms with Crippen LogP contribution < -0.4 is 19.7 Å². The molecule has 3 aromatic rings. The number of carbonyl (C=O) groups is 5. The number of benzene rings is 3. The summed E-state index contributed by atoms with van der Waals surface area (Å²) in [6.45, 7) is 2.24. The normalized spacial score (nSPS) is 14.1. The molecule has 3 aromatic carbocycles. The van der Waals surface area contributed by atoms with Gasteiger partial charge in [-0.15, -0.1) is 0 Å². The molecule has 1 aliphatic heterocycles. The average Bonchev–Trinajstić information content (AvgIpc) is 2.95.